The zero-order valence-corrected chi connectivity index (χ0v) is 37.1. The van der Waals surface area contributed by atoms with Gasteiger partial charge in [-0.15, -0.1) is 0 Å². The van der Waals surface area contributed by atoms with Crippen molar-refractivity contribution in [3.63, 3.8) is 0 Å². The Morgan fingerprint density at radius 2 is 0.745 bits per heavy atom. The van der Waals surface area contributed by atoms with Crippen LogP contribution >= 0.6 is 0 Å². The summed E-state index contributed by atoms with van der Waals surface area (Å²) in [4.78, 5) is 12.4. The quantitative estimate of drug-likeness (QED) is 0.0366. The number of nitrogens with one attached hydrogen (secondary N) is 1. The van der Waals surface area contributed by atoms with Crippen LogP contribution in [0.5, 0.6) is 0 Å². The molecule has 55 heavy (non-hydrogen) atoms. The molecule has 3 atom stereocenters. The summed E-state index contributed by atoms with van der Waals surface area (Å²) < 4.78 is 0. The first kappa shape index (κ1) is 53.8. The number of hydrogen-bond acceptors (Lipinski definition) is 4. The molecule has 5 nitrogen and oxygen atoms in total. The highest BCUT2D eigenvalue weighted by Gasteiger charge is 2.26. The van der Waals surface area contributed by atoms with Crippen molar-refractivity contribution in [1.82, 2.24) is 5.32 Å². The predicted molar refractivity (Wildman–Crippen MR) is 241 cm³/mol. The zero-order chi connectivity index (χ0) is 40.1. The zero-order valence-electron chi connectivity index (χ0n) is 37.1. The van der Waals surface area contributed by atoms with Crippen molar-refractivity contribution in [3.05, 3.63) is 24.3 Å². The van der Waals surface area contributed by atoms with Gasteiger partial charge in [0.25, 0.3) is 0 Å². The molecule has 0 radical (unpaired) electrons. The second-order valence-electron chi connectivity index (χ2n) is 17.0. The molecule has 0 aliphatic heterocycles. The van der Waals surface area contributed by atoms with Gasteiger partial charge in [0, 0.05) is 6.42 Å². The van der Waals surface area contributed by atoms with E-state index in [4.69, 9.17) is 0 Å². The minimum Gasteiger partial charge on any atom is -0.394 e. The first-order chi connectivity index (χ1) is 27.1. The number of amides is 1. The van der Waals surface area contributed by atoms with E-state index in [0.717, 1.165) is 44.9 Å². The third kappa shape index (κ3) is 40.8. The third-order valence-electron chi connectivity index (χ3n) is 11.5. The summed E-state index contributed by atoms with van der Waals surface area (Å²) in [5.41, 5.74) is 0. The Balaban J connectivity index is 3.52. The van der Waals surface area contributed by atoms with Crippen molar-refractivity contribution in [1.29, 1.82) is 0 Å². The van der Waals surface area contributed by atoms with E-state index in [9.17, 15) is 20.1 Å². The van der Waals surface area contributed by atoms with Crippen molar-refractivity contribution in [2.75, 3.05) is 6.61 Å². The van der Waals surface area contributed by atoms with E-state index in [1.54, 1.807) is 0 Å². The highest BCUT2D eigenvalue weighted by atomic mass is 16.3. The molecule has 4 N–H and O–H groups in total. The first-order valence-corrected chi connectivity index (χ1v) is 24.6. The van der Waals surface area contributed by atoms with Gasteiger partial charge in [-0.25, -0.2) is 0 Å². The molecule has 1 amide bonds. The van der Waals surface area contributed by atoms with Gasteiger partial charge in [-0.05, 0) is 51.4 Å². The standard InChI is InChI=1S/C50H97NO4/c1-3-5-7-9-11-13-15-17-18-19-20-21-22-23-24-25-26-27-28-29-30-31-33-35-37-39-41-43-45-49(54)51-47(46-52)50(55)48(53)44-42-40-38-36-34-32-16-14-12-10-8-6-4-2/h14,16,36,38,47-48,50,52-53,55H,3-13,15,17-35,37,39-46H2,1-2H3,(H,51,54)/b16-14+,38-36+. The molecule has 0 bridgehead atoms. The van der Waals surface area contributed by atoms with Crippen LogP contribution in [0.1, 0.15) is 264 Å². The Hall–Kier alpha value is -1.17. The van der Waals surface area contributed by atoms with Gasteiger partial charge < -0.3 is 20.6 Å². The Bertz CT molecular complexity index is 814. The monoisotopic (exact) mass is 776 g/mol. The van der Waals surface area contributed by atoms with Crippen LogP contribution in [0.3, 0.4) is 0 Å². The molecule has 3 unspecified atom stereocenters. The van der Waals surface area contributed by atoms with Gasteiger partial charge in [-0.2, -0.15) is 0 Å². The van der Waals surface area contributed by atoms with Gasteiger partial charge in [-0.1, -0.05) is 231 Å². The molecule has 0 aliphatic rings. The van der Waals surface area contributed by atoms with Crippen LogP contribution in [-0.2, 0) is 4.79 Å². The summed E-state index contributed by atoms with van der Waals surface area (Å²) in [6, 6.07) is -0.828. The van der Waals surface area contributed by atoms with Gasteiger partial charge in [0.2, 0.25) is 5.91 Å². The Labute approximate surface area is 343 Å². The molecule has 5 heteroatoms. The largest absolute Gasteiger partial charge is 0.394 e. The predicted octanol–water partition coefficient (Wildman–Crippen LogP) is 14.6. The average molecular weight is 776 g/mol. The molecule has 0 saturated carbocycles. The Morgan fingerprint density at radius 3 is 1.11 bits per heavy atom. The topological polar surface area (TPSA) is 89.8 Å². The lowest BCUT2D eigenvalue weighted by Gasteiger charge is -2.26. The SMILES string of the molecule is CCCCCC/C=C/CC/C=C/CCCC(O)C(O)C(CO)NC(=O)CCCCCCCCCCCCCCCCCCCCCCCCCCCCCC. The molecular weight excluding hydrogens is 679 g/mol. The summed E-state index contributed by atoms with van der Waals surface area (Å²) in [6.07, 6.45) is 56.1. The van der Waals surface area contributed by atoms with Crippen molar-refractivity contribution in [2.24, 2.45) is 0 Å². The van der Waals surface area contributed by atoms with Gasteiger partial charge in [0.1, 0.15) is 6.10 Å². The summed E-state index contributed by atoms with van der Waals surface area (Å²) in [5, 5.41) is 33.5. The molecule has 0 rings (SSSR count). The lowest BCUT2D eigenvalue weighted by molar-refractivity contribution is -0.124. The highest BCUT2D eigenvalue weighted by Crippen LogP contribution is 2.17. The fourth-order valence-corrected chi connectivity index (χ4v) is 7.71. The van der Waals surface area contributed by atoms with E-state index < -0.39 is 18.2 Å². The highest BCUT2D eigenvalue weighted by molar-refractivity contribution is 5.76. The number of rotatable bonds is 45. The maximum absolute atomic E-state index is 12.4. The van der Waals surface area contributed by atoms with Crippen LogP contribution in [0.4, 0.5) is 0 Å². The normalized spacial score (nSPS) is 13.6. The molecule has 0 spiro atoms. The first-order valence-electron chi connectivity index (χ1n) is 24.6. The maximum Gasteiger partial charge on any atom is 0.220 e. The number of carbonyl (C=O) groups is 1. The van der Waals surface area contributed by atoms with Crippen LogP contribution in [-0.4, -0.2) is 46.1 Å². The van der Waals surface area contributed by atoms with E-state index in [1.807, 2.05) is 0 Å². The van der Waals surface area contributed by atoms with Crippen molar-refractivity contribution >= 4 is 5.91 Å². The maximum atomic E-state index is 12.4. The summed E-state index contributed by atoms with van der Waals surface area (Å²) in [5.74, 6) is -0.155. The number of carbonyl (C=O) groups excluding carboxylic acids is 1. The van der Waals surface area contributed by atoms with E-state index in [2.05, 4.69) is 43.5 Å². The molecule has 0 heterocycles. The molecule has 0 fully saturated rings. The van der Waals surface area contributed by atoms with Gasteiger partial charge >= 0.3 is 0 Å². The fraction of sp³-hybridized carbons (Fsp3) is 0.900. The van der Waals surface area contributed by atoms with Crippen LogP contribution in [0.15, 0.2) is 24.3 Å². The van der Waals surface area contributed by atoms with Crippen molar-refractivity contribution in [2.45, 2.75) is 283 Å². The number of allylic oxidation sites excluding steroid dienone is 4. The molecular formula is C50H97NO4. The lowest BCUT2D eigenvalue weighted by Crippen LogP contribution is -2.50. The van der Waals surface area contributed by atoms with E-state index in [1.165, 1.54) is 193 Å². The van der Waals surface area contributed by atoms with Crippen molar-refractivity contribution < 1.29 is 20.1 Å². The summed E-state index contributed by atoms with van der Waals surface area (Å²) >= 11 is 0. The minimum atomic E-state index is -1.16. The minimum absolute atomic E-state index is 0.155. The lowest BCUT2D eigenvalue weighted by atomic mass is 10.0. The molecule has 0 aliphatic carbocycles. The average Bonchev–Trinajstić information content (AvgIpc) is 3.19. The smallest absolute Gasteiger partial charge is 0.220 e. The fourth-order valence-electron chi connectivity index (χ4n) is 7.71. The summed E-state index contributed by atoms with van der Waals surface area (Å²) in [6.45, 7) is 4.16. The van der Waals surface area contributed by atoms with Gasteiger partial charge in [0.15, 0.2) is 0 Å². The third-order valence-corrected chi connectivity index (χ3v) is 11.5. The molecule has 0 aromatic carbocycles. The van der Waals surface area contributed by atoms with Crippen LogP contribution in [0, 0.1) is 0 Å². The van der Waals surface area contributed by atoms with Crippen LogP contribution < -0.4 is 5.32 Å². The van der Waals surface area contributed by atoms with Crippen LogP contribution in [0.25, 0.3) is 0 Å². The molecule has 326 valence electrons. The number of unbranched alkanes of at least 4 members (excludes halogenated alkanes) is 33. The number of hydrogen-bond donors (Lipinski definition) is 4. The number of aliphatic hydroxyl groups excluding tert-OH is 3. The van der Waals surface area contributed by atoms with E-state index >= 15 is 0 Å². The molecule has 0 saturated heterocycles. The Kier molecular flexibility index (Phi) is 44.6. The molecule has 0 aromatic rings. The van der Waals surface area contributed by atoms with Gasteiger partial charge in [-0.3, -0.25) is 4.79 Å². The van der Waals surface area contributed by atoms with Gasteiger partial charge in [0.05, 0.1) is 18.8 Å². The van der Waals surface area contributed by atoms with E-state index in [0.29, 0.717) is 12.8 Å². The van der Waals surface area contributed by atoms with Crippen molar-refractivity contribution in [3.8, 4) is 0 Å². The second kappa shape index (κ2) is 45.5. The Morgan fingerprint density at radius 1 is 0.436 bits per heavy atom. The molecule has 0 aromatic heterocycles. The van der Waals surface area contributed by atoms with Crippen LogP contribution in [0.2, 0.25) is 0 Å². The second-order valence-corrected chi connectivity index (χ2v) is 17.0. The summed E-state index contributed by atoms with van der Waals surface area (Å²) in [7, 11) is 0. The van der Waals surface area contributed by atoms with E-state index in [-0.39, 0.29) is 12.5 Å². The number of aliphatic hydroxyl groups is 3.